The van der Waals surface area contributed by atoms with Crippen molar-refractivity contribution >= 4 is 29.9 Å². The van der Waals surface area contributed by atoms with E-state index >= 15 is 0 Å². The molecule has 2 aromatic rings. The fraction of sp³-hybridized carbons (Fsp3) is 0.348. The van der Waals surface area contributed by atoms with Crippen molar-refractivity contribution in [2.24, 2.45) is 11.7 Å². The lowest BCUT2D eigenvalue weighted by atomic mass is 9.81. The van der Waals surface area contributed by atoms with Gasteiger partial charge in [-0.1, -0.05) is 24.3 Å². The Bertz CT molecular complexity index is 1060. The maximum absolute atomic E-state index is 13.0. The molecule has 0 heterocycles. The third-order valence-electron chi connectivity index (χ3n) is 6.02. The minimum atomic E-state index is -0.913. The number of esters is 1. The standard InChI is InChI=1S/C23H23NO6.ClH/c1-11(30-23(29)12-6-8-13(24)9-7-12)16-10-17(25)18-19(22(16)28)21(27)15-5-3-2-4-14(15)20(18)26;/h2-5,10-13,25,28H,6-9,24H2,1H3;1H. The molecule has 0 spiro atoms. The first kappa shape index (κ1) is 22.8. The summed E-state index contributed by atoms with van der Waals surface area (Å²) in [6.07, 6.45) is 1.85. The van der Waals surface area contributed by atoms with Gasteiger partial charge in [0.25, 0.3) is 0 Å². The average molecular weight is 446 g/mol. The summed E-state index contributed by atoms with van der Waals surface area (Å²) >= 11 is 0. The molecule has 31 heavy (non-hydrogen) atoms. The first-order valence-corrected chi connectivity index (χ1v) is 10.0. The number of hydrogen-bond donors (Lipinski definition) is 3. The third-order valence-corrected chi connectivity index (χ3v) is 6.02. The van der Waals surface area contributed by atoms with Gasteiger partial charge < -0.3 is 20.7 Å². The number of aromatic hydroxyl groups is 2. The molecule has 0 aliphatic heterocycles. The fourth-order valence-electron chi connectivity index (χ4n) is 4.28. The van der Waals surface area contributed by atoms with Crippen molar-refractivity contribution in [2.45, 2.75) is 44.8 Å². The second-order valence-electron chi connectivity index (χ2n) is 7.98. The zero-order chi connectivity index (χ0) is 21.6. The highest BCUT2D eigenvalue weighted by atomic mass is 35.5. The normalized spacial score (nSPS) is 20.8. The van der Waals surface area contributed by atoms with Crippen LogP contribution in [0.4, 0.5) is 0 Å². The summed E-state index contributed by atoms with van der Waals surface area (Å²) < 4.78 is 5.52. The first-order chi connectivity index (χ1) is 14.3. The van der Waals surface area contributed by atoms with Crippen LogP contribution in [0.1, 0.15) is 76.1 Å². The lowest BCUT2D eigenvalue weighted by Gasteiger charge is -2.27. The molecule has 0 amide bonds. The minimum Gasteiger partial charge on any atom is -0.507 e. The lowest BCUT2D eigenvalue weighted by molar-refractivity contribution is -0.154. The summed E-state index contributed by atoms with van der Waals surface area (Å²) in [6.45, 7) is 1.55. The minimum absolute atomic E-state index is 0. The van der Waals surface area contributed by atoms with Gasteiger partial charge in [-0.2, -0.15) is 0 Å². The maximum atomic E-state index is 13.0. The van der Waals surface area contributed by atoms with Crippen molar-refractivity contribution in [1.82, 2.24) is 0 Å². The molecule has 1 fully saturated rings. The second kappa shape index (κ2) is 8.69. The Labute approximate surface area is 185 Å². The van der Waals surface area contributed by atoms with Crippen molar-refractivity contribution in [2.75, 3.05) is 0 Å². The first-order valence-electron chi connectivity index (χ1n) is 10.0. The van der Waals surface area contributed by atoms with Gasteiger partial charge in [0.15, 0.2) is 11.6 Å². The van der Waals surface area contributed by atoms with Gasteiger partial charge in [-0.3, -0.25) is 14.4 Å². The van der Waals surface area contributed by atoms with E-state index in [1.165, 1.54) is 18.2 Å². The zero-order valence-corrected chi connectivity index (χ0v) is 17.8. The summed E-state index contributed by atoms with van der Waals surface area (Å²) in [7, 11) is 0. The number of ketones is 2. The molecular weight excluding hydrogens is 422 g/mol. The van der Waals surface area contributed by atoms with Gasteiger partial charge in [0.2, 0.25) is 0 Å². The van der Waals surface area contributed by atoms with Crippen molar-refractivity contribution in [3.63, 3.8) is 0 Å². The van der Waals surface area contributed by atoms with Gasteiger partial charge >= 0.3 is 5.97 Å². The Morgan fingerprint density at radius 3 is 2.16 bits per heavy atom. The van der Waals surface area contributed by atoms with E-state index in [0.29, 0.717) is 12.8 Å². The quantitative estimate of drug-likeness (QED) is 0.416. The predicted molar refractivity (Wildman–Crippen MR) is 115 cm³/mol. The number of fused-ring (bicyclic) bond motifs is 2. The molecular formula is C23H24ClNO6. The van der Waals surface area contributed by atoms with Gasteiger partial charge in [-0.15, -0.1) is 12.4 Å². The van der Waals surface area contributed by atoms with E-state index in [-0.39, 0.29) is 52.2 Å². The van der Waals surface area contributed by atoms with Crippen molar-refractivity contribution < 1.29 is 29.3 Å². The Hall–Kier alpha value is -2.90. The van der Waals surface area contributed by atoms with Crippen LogP contribution in [0.25, 0.3) is 0 Å². The van der Waals surface area contributed by atoms with Crippen LogP contribution in [0.15, 0.2) is 30.3 Å². The van der Waals surface area contributed by atoms with Crippen LogP contribution < -0.4 is 5.73 Å². The second-order valence-corrected chi connectivity index (χ2v) is 7.98. The molecule has 0 bridgehead atoms. The number of benzene rings is 2. The van der Waals surface area contributed by atoms with Crippen LogP contribution in [-0.2, 0) is 9.53 Å². The Morgan fingerprint density at radius 1 is 1.03 bits per heavy atom. The molecule has 7 nitrogen and oxygen atoms in total. The summed E-state index contributed by atoms with van der Waals surface area (Å²) in [6, 6.07) is 7.53. The van der Waals surface area contributed by atoms with E-state index in [1.807, 2.05) is 0 Å². The van der Waals surface area contributed by atoms with Gasteiger partial charge in [0.1, 0.15) is 17.6 Å². The SMILES string of the molecule is CC(OC(=O)C1CCC(N)CC1)c1cc(O)c2c(c1O)C(=O)c1ccccc1C2=O.Cl. The number of carbonyl (C=O) groups is 3. The number of ether oxygens (including phenoxy) is 1. The van der Waals surface area contributed by atoms with Crippen LogP contribution >= 0.6 is 12.4 Å². The molecule has 0 radical (unpaired) electrons. The van der Waals surface area contributed by atoms with Crippen LogP contribution in [0.5, 0.6) is 11.5 Å². The van der Waals surface area contributed by atoms with Crippen molar-refractivity contribution in [3.8, 4) is 11.5 Å². The van der Waals surface area contributed by atoms with Crippen LogP contribution in [0.2, 0.25) is 0 Å². The highest BCUT2D eigenvalue weighted by Crippen LogP contribution is 2.42. The Morgan fingerprint density at radius 2 is 1.58 bits per heavy atom. The predicted octanol–water partition coefficient (Wildman–Crippen LogP) is 3.42. The number of phenolic OH excluding ortho intramolecular Hbond substituents is 2. The smallest absolute Gasteiger partial charge is 0.309 e. The highest BCUT2D eigenvalue weighted by molar-refractivity contribution is 6.30. The summed E-state index contributed by atoms with van der Waals surface area (Å²) in [5, 5.41) is 21.3. The van der Waals surface area contributed by atoms with Crippen LogP contribution in [0, 0.1) is 5.92 Å². The number of rotatable bonds is 3. The molecule has 8 heteroatoms. The van der Waals surface area contributed by atoms with E-state index in [9.17, 15) is 24.6 Å². The van der Waals surface area contributed by atoms with E-state index < -0.39 is 35.1 Å². The third kappa shape index (κ3) is 3.91. The maximum Gasteiger partial charge on any atom is 0.309 e. The molecule has 1 saturated carbocycles. The van der Waals surface area contributed by atoms with E-state index in [1.54, 1.807) is 19.1 Å². The zero-order valence-electron chi connectivity index (χ0n) is 17.0. The molecule has 164 valence electrons. The average Bonchev–Trinajstić information content (AvgIpc) is 2.73. The molecule has 1 atom stereocenters. The number of carbonyl (C=O) groups excluding carboxylic acids is 3. The van der Waals surface area contributed by atoms with Gasteiger partial charge in [0.05, 0.1) is 17.0 Å². The molecule has 2 aliphatic carbocycles. The van der Waals surface area contributed by atoms with E-state index in [0.717, 1.165) is 12.8 Å². The molecule has 1 unspecified atom stereocenters. The molecule has 2 aliphatic rings. The molecule has 4 N–H and O–H groups in total. The summed E-state index contributed by atoms with van der Waals surface area (Å²) in [4.78, 5) is 38.3. The molecule has 2 aromatic carbocycles. The number of nitrogens with two attached hydrogens (primary N) is 1. The van der Waals surface area contributed by atoms with Gasteiger partial charge in [0, 0.05) is 22.7 Å². The number of hydrogen-bond acceptors (Lipinski definition) is 7. The summed E-state index contributed by atoms with van der Waals surface area (Å²) in [5.74, 6) is -2.66. The monoisotopic (exact) mass is 445 g/mol. The van der Waals surface area contributed by atoms with Gasteiger partial charge in [-0.25, -0.2) is 0 Å². The number of halogens is 1. The van der Waals surface area contributed by atoms with E-state index in [2.05, 4.69) is 0 Å². The van der Waals surface area contributed by atoms with Crippen LogP contribution in [-0.4, -0.2) is 33.8 Å². The van der Waals surface area contributed by atoms with Crippen LogP contribution in [0.3, 0.4) is 0 Å². The molecule has 4 rings (SSSR count). The molecule has 0 saturated heterocycles. The Balaban J connectivity index is 0.00000272. The van der Waals surface area contributed by atoms with Crippen molar-refractivity contribution in [1.29, 1.82) is 0 Å². The van der Waals surface area contributed by atoms with E-state index in [4.69, 9.17) is 10.5 Å². The lowest BCUT2D eigenvalue weighted by Crippen LogP contribution is -2.31. The highest BCUT2D eigenvalue weighted by Gasteiger charge is 2.37. The molecule has 0 aromatic heterocycles. The van der Waals surface area contributed by atoms with Gasteiger partial charge in [-0.05, 0) is 38.7 Å². The summed E-state index contributed by atoms with van der Waals surface area (Å²) in [5.41, 5.74) is 5.78. The number of phenols is 2. The largest absolute Gasteiger partial charge is 0.507 e. The van der Waals surface area contributed by atoms with Crippen molar-refractivity contribution in [3.05, 3.63) is 58.1 Å². The Kier molecular flexibility index (Phi) is 6.38. The topological polar surface area (TPSA) is 127 Å². The fourth-order valence-corrected chi connectivity index (χ4v) is 4.28.